The Kier molecular flexibility index (Phi) is 5.09. The first-order chi connectivity index (χ1) is 20.1. The summed E-state index contributed by atoms with van der Waals surface area (Å²) in [6.45, 7) is 13.8. The third kappa shape index (κ3) is 3.45. The van der Waals surface area contributed by atoms with Crippen LogP contribution in [0.4, 0.5) is 0 Å². The Labute approximate surface area is 246 Å². The number of para-hydroxylation sites is 1. The van der Waals surface area contributed by atoms with Crippen LogP contribution in [0.15, 0.2) is 109 Å². The molecule has 0 aliphatic heterocycles. The monoisotopic (exact) mass is 544 g/mol. The molecule has 0 amide bonds. The largest absolute Gasteiger partial charge is 0.335 e. The highest BCUT2D eigenvalue weighted by Gasteiger charge is 2.24. The third-order valence-corrected chi connectivity index (χ3v) is 9.00. The Morgan fingerprint density at radius 3 is 1.86 bits per heavy atom. The van der Waals surface area contributed by atoms with E-state index < -0.39 is 0 Å². The van der Waals surface area contributed by atoms with Crippen LogP contribution < -0.4 is 0 Å². The van der Waals surface area contributed by atoms with Crippen LogP contribution in [0.2, 0.25) is 0 Å². The van der Waals surface area contributed by atoms with Gasteiger partial charge in [-0.25, -0.2) is 0 Å². The molecule has 42 heavy (non-hydrogen) atoms. The topological polar surface area (TPSA) is 9.86 Å². The Morgan fingerprint density at radius 2 is 1.07 bits per heavy atom. The first kappa shape index (κ1) is 25.2. The Balaban J connectivity index is 1.45. The van der Waals surface area contributed by atoms with Gasteiger partial charge in [-0.3, -0.25) is 0 Å². The van der Waals surface area contributed by atoms with E-state index in [9.17, 15) is 0 Å². The van der Waals surface area contributed by atoms with Crippen LogP contribution in [0.1, 0.15) is 41.5 Å². The maximum atomic E-state index is 2.54. The summed E-state index contributed by atoms with van der Waals surface area (Å²) < 4.78 is 5.04. The first-order valence-electron chi connectivity index (χ1n) is 15.0. The fourth-order valence-corrected chi connectivity index (χ4v) is 7.44. The zero-order valence-corrected chi connectivity index (χ0v) is 25.3. The maximum absolute atomic E-state index is 2.54. The molecule has 0 N–H and O–H groups in total. The van der Waals surface area contributed by atoms with Gasteiger partial charge in [0.05, 0.1) is 11.0 Å². The number of nitrogens with zero attached hydrogens (tertiary/aromatic N) is 2. The number of fused-ring (bicyclic) bond motifs is 10. The summed E-state index contributed by atoms with van der Waals surface area (Å²) in [5.41, 5.74) is 7.65. The second-order valence-electron chi connectivity index (χ2n) is 13.8. The number of hydrogen-bond acceptors (Lipinski definition) is 0. The van der Waals surface area contributed by atoms with E-state index in [-0.39, 0.29) is 11.1 Å². The summed E-state index contributed by atoms with van der Waals surface area (Å²) >= 11 is 0. The molecule has 2 aromatic heterocycles. The quantitative estimate of drug-likeness (QED) is 0.194. The molecule has 0 bridgehead atoms. The van der Waals surface area contributed by atoms with Gasteiger partial charge in [0.1, 0.15) is 0 Å². The molecule has 0 radical (unpaired) electrons. The molecule has 2 heteroatoms. The lowest BCUT2D eigenvalue weighted by atomic mass is 9.94. The first-order valence-corrected chi connectivity index (χ1v) is 15.0. The van der Waals surface area contributed by atoms with E-state index in [0.29, 0.717) is 0 Å². The minimum atomic E-state index is -0.0576. The molecular formula is C40H36N2. The van der Waals surface area contributed by atoms with Gasteiger partial charge in [0.2, 0.25) is 0 Å². The summed E-state index contributed by atoms with van der Waals surface area (Å²) in [4.78, 5) is 0. The van der Waals surface area contributed by atoms with E-state index in [1.807, 2.05) is 0 Å². The molecule has 0 fully saturated rings. The van der Waals surface area contributed by atoms with Crippen LogP contribution in [-0.2, 0) is 11.1 Å². The fourth-order valence-electron chi connectivity index (χ4n) is 7.44. The highest BCUT2D eigenvalue weighted by molar-refractivity contribution is 6.23. The van der Waals surface area contributed by atoms with Gasteiger partial charge < -0.3 is 9.13 Å². The standard InChI is InChI=1S/C40H36N2/c1-39(2,3)41-34-17-10-9-14-32(34)37-30-16-11-15-27(29(30)21-23-36(37)41)26-19-22-35-33(24-26)31-20-18-25-12-7-8-13-28(25)38(31)42(35)40(4,5)6/h7-24H,1-6H3. The second-order valence-corrected chi connectivity index (χ2v) is 13.8. The Morgan fingerprint density at radius 1 is 0.429 bits per heavy atom. The molecule has 0 aliphatic rings. The SMILES string of the molecule is CC(C)(C)n1c2ccccc2c2c3cccc(-c4ccc5c(c4)c4ccc6ccccc6c4n5C(C)(C)C)c3ccc21. The summed E-state index contributed by atoms with van der Waals surface area (Å²) in [5, 5.41) is 10.5. The molecule has 6 aromatic carbocycles. The summed E-state index contributed by atoms with van der Waals surface area (Å²) in [7, 11) is 0. The average molecular weight is 545 g/mol. The summed E-state index contributed by atoms with van der Waals surface area (Å²) in [6.07, 6.45) is 0. The normalized spacial score (nSPS) is 13.0. The third-order valence-electron chi connectivity index (χ3n) is 9.00. The highest BCUT2D eigenvalue weighted by atomic mass is 15.1. The fraction of sp³-hybridized carbons (Fsp3) is 0.200. The predicted molar refractivity (Wildman–Crippen MR) is 183 cm³/mol. The molecule has 8 aromatic rings. The number of hydrogen-bond donors (Lipinski definition) is 0. The molecule has 8 rings (SSSR count). The number of rotatable bonds is 1. The van der Waals surface area contributed by atoms with Gasteiger partial charge in [-0.05, 0) is 93.1 Å². The molecular weight excluding hydrogens is 508 g/mol. The maximum Gasteiger partial charge on any atom is 0.0576 e. The zero-order valence-electron chi connectivity index (χ0n) is 25.3. The lowest BCUT2D eigenvalue weighted by Crippen LogP contribution is -2.21. The van der Waals surface area contributed by atoms with E-state index in [2.05, 4.69) is 160 Å². The van der Waals surface area contributed by atoms with Crippen LogP contribution in [0.3, 0.4) is 0 Å². The molecule has 0 spiro atoms. The van der Waals surface area contributed by atoms with Gasteiger partial charge in [0.15, 0.2) is 0 Å². The molecule has 0 saturated carbocycles. The highest BCUT2D eigenvalue weighted by Crippen LogP contribution is 2.43. The van der Waals surface area contributed by atoms with Gasteiger partial charge in [0.25, 0.3) is 0 Å². The van der Waals surface area contributed by atoms with Gasteiger partial charge in [0, 0.05) is 49.0 Å². The molecule has 2 nitrogen and oxygen atoms in total. The van der Waals surface area contributed by atoms with Crippen molar-refractivity contribution in [1.82, 2.24) is 9.13 Å². The molecule has 0 unspecified atom stereocenters. The second kappa shape index (κ2) is 8.49. The van der Waals surface area contributed by atoms with Crippen LogP contribution in [0.25, 0.3) is 76.3 Å². The summed E-state index contributed by atoms with van der Waals surface area (Å²) in [5.74, 6) is 0. The van der Waals surface area contributed by atoms with E-state index in [4.69, 9.17) is 0 Å². The Hall–Kier alpha value is -4.56. The average Bonchev–Trinajstić information content (AvgIpc) is 3.50. The van der Waals surface area contributed by atoms with Crippen molar-refractivity contribution in [2.75, 3.05) is 0 Å². The van der Waals surface area contributed by atoms with Crippen LogP contribution in [0.5, 0.6) is 0 Å². The van der Waals surface area contributed by atoms with Crippen molar-refractivity contribution in [1.29, 1.82) is 0 Å². The van der Waals surface area contributed by atoms with E-state index >= 15 is 0 Å². The van der Waals surface area contributed by atoms with Crippen molar-refractivity contribution in [3.05, 3.63) is 109 Å². The van der Waals surface area contributed by atoms with E-state index in [1.165, 1.54) is 76.3 Å². The van der Waals surface area contributed by atoms with E-state index in [1.54, 1.807) is 0 Å². The van der Waals surface area contributed by atoms with Gasteiger partial charge in [-0.2, -0.15) is 0 Å². The zero-order chi connectivity index (χ0) is 29.0. The minimum absolute atomic E-state index is 0.0247. The van der Waals surface area contributed by atoms with E-state index in [0.717, 1.165) is 0 Å². The van der Waals surface area contributed by atoms with Crippen molar-refractivity contribution >= 4 is 65.2 Å². The van der Waals surface area contributed by atoms with Crippen molar-refractivity contribution in [2.45, 2.75) is 52.6 Å². The molecule has 0 saturated heterocycles. The molecule has 2 heterocycles. The van der Waals surface area contributed by atoms with Crippen molar-refractivity contribution in [2.24, 2.45) is 0 Å². The van der Waals surface area contributed by atoms with Gasteiger partial charge in [-0.1, -0.05) is 84.9 Å². The van der Waals surface area contributed by atoms with Crippen LogP contribution in [-0.4, -0.2) is 9.13 Å². The Bertz CT molecular complexity index is 2360. The minimum Gasteiger partial charge on any atom is -0.335 e. The lowest BCUT2D eigenvalue weighted by Gasteiger charge is -2.25. The van der Waals surface area contributed by atoms with Crippen LogP contribution >= 0.6 is 0 Å². The lowest BCUT2D eigenvalue weighted by molar-refractivity contribution is 0.423. The van der Waals surface area contributed by atoms with Crippen molar-refractivity contribution in [3.63, 3.8) is 0 Å². The molecule has 0 atom stereocenters. The predicted octanol–water partition coefficient (Wildman–Crippen LogP) is 11.4. The van der Waals surface area contributed by atoms with Gasteiger partial charge >= 0.3 is 0 Å². The molecule has 206 valence electrons. The smallest absolute Gasteiger partial charge is 0.0576 e. The van der Waals surface area contributed by atoms with Gasteiger partial charge in [-0.15, -0.1) is 0 Å². The van der Waals surface area contributed by atoms with Crippen molar-refractivity contribution < 1.29 is 0 Å². The molecule has 0 aliphatic carbocycles. The summed E-state index contributed by atoms with van der Waals surface area (Å²) in [6, 6.07) is 40.8. The van der Waals surface area contributed by atoms with Crippen molar-refractivity contribution in [3.8, 4) is 11.1 Å². The van der Waals surface area contributed by atoms with Crippen LogP contribution in [0, 0.1) is 0 Å². The number of aromatic nitrogens is 2. The number of benzene rings is 6.